The molecule has 2 aliphatic rings. The molecule has 13 heteroatoms. The van der Waals surface area contributed by atoms with Gasteiger partial charge in [0.1, 0.15) is 17.7 Å². The van der Waals surface area contributed by atoms with Gasteiger partial charge >= 0.3 is 6.09 Å². The fraction of sp³-hybridized carbons (Fsp3) is 0.316. The van der Waals surface area contributed by atoms with Crippen molar-refractivity contribution in [2.45, 2.75) is 29.1 Å². The second-order valence-electron chi connectivity index (χ2n) is 7.44. The number of sulfonamides is 2. The first-order valence-electron chi connectivity index (χ1n) is 9.64. The van der Waals surface area contributed by atoms with Gasteiger partial charge in [0.15, 0.2) is 0 Å². The minimum Gasteiger partial charge on any atom is -0.485 e. The lowest BCUT2D eigenvalue weighted by Crippen LogP contribution is -2.48. The summed E-state index contributed by atoms with van der Waals surface area (Å²) < 4.78 is 73.6. The van der Waals surface area contributed by atoms with E-state index in [-0.39, 0.29) is 35.1 Å². The van der Waals surface area contributed by atoms with Crippen LogP contribution in [0.3, 0.4) is 0 Å². The molecule has 32 heavy (non-hydrogen) atoms. The van der Waals surface area contributed by atoms with Crippen molar-refractivity contribution in [2.24, 2.45) is 0 Å². The van der Waals surface area contributed by atoms with E-state index in [4.69, 9.17) is 9.84 Å². The van der Waals surface area contributed by atoms with Crippen LogP contribution in [-0.4, -0.2) is 52.5 Å². The second-order valence-corrected chi connectivity index (χ2v) is 11.3. The zero-order valence-corrected chi connectivity index (χ0v) is 18.2. The molecule has 1 aliphatic heterocycles. The number of fused-ring (bicyclic) bond motifs is 1. The summed E-state index contributed by atoms with van der Waals surface area (Å²) in [5.41, 5.74) is 0.189. The lowest BCUT2D eigenvalue weighted by Gasteiger charge is -2.35. The van der Waals surface area contributed by atoms with Gasteiger partial charge in [-0.1, -0.05) is 0 Å². The van der Waals surface area contributed by atoms with Crippen molar-refractivity contribution in [2.75, 3.05) is 22.7 Å². The topological polar surface area (TPSA) is 142 Å². The summed E-state index contributed by atoms with van der Waals surface area (Å²) >= 11 is 0. The van der Waals surface area contributed by atoms with Crippen LogP contribution in [-0.2, 0) is 20.0 Å². The van der Waals surface area contributed by atoms with Crippen molar-refractivity contribution >= 4 is 37.5 Å². The molecule has 1 atom stereocenters. The van der Waals surface area contributed by atoms with E-state index < -0.39 is 43.3 Å². The van der Waals surface area contributed by atoms with Gasteiger partial charge in [-0.25, -0.2) is 30.7 Å². The van der Waals surface area contributed by atoms with Crippen LogP contribution in [0, 0.1) is 5.82 Å². The molecule has 1 amide bonds. The van der Waals surface area contributed by atoms with Crippen molar-refractivity contribution in [3.8, 4) is 5.75 Å². The van der Waals surface area contributed by atoms with Crippen LogP contribution in [0.1, 0.15) is 12.8 Å². The molecule has 2 aromatic carbocycles. The first-order valence-corrected chi connectivity index (χ1v) is 12.6. The van der Waals surface area contributed by atoms with Gasteiger partial charge < -0.3 is 9.84 Å². The zero-order valence-electron chi connectivity index (χ0n) is 16.6. The predicted octanol–water partition coefficient (Wildman–Crippen LogP) is 1.95. The van der Waals surface area contributed by atoms with Gasteiger partial charge in [0.25, 0.3) is 10.0 Å². The maximum atomic E-state index is 13.3. The molecular weight excluding hydrogens is 465 g/mol. The van der Waals surface area contributed by atoms with Crippen molar-refractivity contribution in [1.82, 2.24) is 4.72 Å². The third-order valence-corrected chi connectivity index (χ3v) is 8.73. The lowest BCUT2D eigenvalue weighted by molar-refractivity contribution is 0.203. The van der Waals surface area contributed by atoms with Crippen LogP contribution >= 0.6 is 0 Å². The van der Waals surface area contributed by atoms with E-state index in [0.29, 0.717) is 12.8 Å². The lowest BCUT2D eigenvalue weighted by atomic mass is 10.2. The number of nitrogens with zero attached hydrogens (tertiary/aromatic N) is 1. The summed E-state index contributed by atoms with van der Waals surface area (Å²) in [5, 5.41) is 10.7. The Kier molecular flexibility index (Phi) is 5.73. The summed E-state index contributed by atoms with van der Waals surface area (Å²) in [5.74, 6) is -0.472. The van der Waals surface area contributed by atoms with E-state index in [0.717, 1.165) is 28.6 Å². The van der Waals surface area contributed by atoms with Crippen LogP contribution in [0.15, 0.2) is 47.4 Å². The van der Waals surface area contributed by atoms with Crippen molar-refractivity contribution < 1.29 is 35.9 Å². The van der Waals surface area contributed by atoms with Gasteiger partial charge in [-0.2, -0.15) is 0 Å². The number of hydrogen-bond donors (Lipinski definition) is 3. The van der Waals surface area contributed by atoms with Crippen molar-refractivity contribution in [3.63, 3.8) is 0 Å². The average molecular weight is 486 g/mol. The van der Waals surface area contributed by atoms with Crippen LogP contribution in [0.5, 0.6) is 5.75 Å². The first kappa shape index (κ1) is 22.3. The summed E-state index contributed by atoms with van der Waals surface area (Å²) in [6.07, 6.45) is -1.02. The third kappa shape index (κ3) is 4.64. The smallest absolute Gasteiger partial charge is 0.409 e. The maximum absolute atomic E-state index is 13.3. The number of rotatable bonds is 7. The zero-order chi connectivity index (χ0) is 23.1. The first-order chi connectivity index (χ1) is 15.1. The normalized spacial score (nSPS) is 18.5. The molecule has 0 spiro atoms. The highest BCUT2D eigenvalue weighted by atomic mass is 32.2. The number of anilines is 2. The SMILES string of the molecule is O=C(O)Nc1ccc2c(c1)N(S(=O)(=O)c1ccc(F)cc1)CC(CNS(=O)(=O)C1CC1)O2. The maximum Gasteiger partial charge on any atom is 0.409 e. The van der Waals surface area contributed by atoms with E-state index in [1.54, 1.807) is 0 Å². The Morgan fingerprint density at radius 2 is 1.81 bits per heavy atom. The minimum absolute atomic E-state index is 0.0712. The molecule has 172 valence electrons. The molecular formula is C19H20FN3O7S2. The number of hydrogen-bond acceptors (Lipinski definition) is 6. The van der Waals surface area contributed by atoms with Crippen LogP contribution < -0.4 is 19.1 Å². The van der Waals surface area contributed by atoms with Gasteiger partial charge in [-0.3, -0.25) is 9.62 Å². The number of ether oxygens (including phenoxy) is 1. The molecule has 4 rings (SSSR count). The Balaban J connectivity index is 1.68. The predicted molar refractivity (Wildman–Crippen MR) is 113 cm³/mol. The number of halogens is 1. The Bertz CT molecular complexity index is 1250. The molecule has 1 heterocycles. The third-order valence-electron chi connectivity index (χ3n) is 5.02. The fourth-order valence-electron chi connectivity index (χ4n) is 3.29. The molecule has 1 unspecified atom stereocenters. The highest BCUT2D eigenvalue weighted by Gasteiger charge is 2.38. The Labute approximate surface area is 184 Å². The van der Waals surface area contributed by atoms with Crippen molar-refractivity contribution in [3.05, 3.63) is 48.3 Å². The monoisotopic (exact) mass is 485 g/mol. The van der Waals surface area contributed by atoms with E-state index in [1.165, 1.54) is 18.2 Å². The van der Waals surface area contributed by atoms with Crippen LogP contribution in [0.2, 0.25) is 0 Å². The second kappa shape index (κ2) is 8.22. The van der Waals surface area contributed by atoms with E-state index in [1.807, 2.05) is 0 Å². The Morgan fingerprint density at radius 1 is 1.12 bits per heavy atom. The highest BCUT2D eigenvalue weighted by Crippen LogP contribution is 2.39. The highest BCUT2D eigenvalue weighted by molar-refractivity contribution is 7.92. The molecule has 1 fully saturated rings. The Morgan fingerprint density at radius 3 is 2.44 bits per heavy atom. The van der Waals surface area contributed by atoms with E-state index in [9.17, 15) is 26.0 Å². The largest absolute Gasteiger partial charge is 0.485 e. The average Bonchev–Trinajstić information content (AvgIpc) is 3.58. The number of amides is 1. The molecule has 0 bridgehead atoms. The quantitative estimate of drug-likeness (QED) is 0.544. The molecule has 2 aromatic rings. The molecule has 1 saturated carbocycles. The van der Waals surface area contributed by atoms with Gasteiger partial charge in [0.05, 0.1) is 22.4 Å². The molecule has 0 radical (unpaired) electrons. The van der Waals surface area contributed by atoms with Crippen LogP contribution in [0.4, 0.5) is 20.6 Å². The minimum atomic E-state index is -4.19. The van der Waals surface area contributed by atoms with E-state index >= 15 is 0 Å². The molecule has 1 aliphatic carbocycles. The molecule has 10 nitrogen and oxygen atoms in total. The fourth-order valence-corrected chi connectivity index (χ4v) is 6.20. The van der Waals surface area contributed by atoms with Gasteiger partial charge in [-0.05, 0) is 55.3 Å². The van der Waals surface area contributed by atoms with Gasteiger partial charge in [0.2, 0.25) is 10.0 Å². The molecule has 0 saturated heterocycles. The molecule has 3 N–H and O–H groups in total. The summed E-state index contributed by atoms with van der Waals surface area (Å²) in [6, 6.07) is 8.35. The van der Waals surface area contributed by atoms with E-state index in [2.05, 4.69) is 10.0 Å². The van der Waals surface area contributed by atoms with Crippen LogP contribution in [0.25, 0.3) is 0 Å². The van der Waals surface area contributed by atoms with Gasteiger partial charge in [0, 0.05) is 12.2 Å². The standard InChI is InChI=1S/C19H20FN3O7S2/c20-12-1-4-16(5-2-12)32(28,29)23-11-14(10-21-31(26,27)15-6-7-15)30-18-8-3-13(9-17(18)23)22-19(24)25/h1-5,8-9,14-15,21-22H,6-7,10-11H2,(H,24,25). The summed E-state index contributed by atoms with van der Waals surface area (Å²) in [4.78, 5) is 10.8. The summed E-state index contributed by atoms with van der Waals surface area (Å²) in [6.45, 7) is -0.390. The number of benzene rings is 2. The Hall–Kier alpha value is -2.90. The number of carboxylic acid groups (broad SMARTS) is 1. The number of carbonyl (C=O) groups is 1. The van der Waals surface area contributed by atoms with Crippen molar-refractivity contribution in [1.29, 1.82) is 0 Å². The number of nitrogens with one attached hydrogen (secondary N) is 2. The summed E-state index contributed by atoms with van der Waals surface area (Å²) in [7, 11) is -7.70. The van der Waals surface area contributed by atoms with Gasteiger partial charge in [-0.15, -0.1) is 0 Å². The molecule has 0 aromatic heterocycles.